The molecule has 0 bridgehead atoms. The van der Waals surface area contributed by atoms with Crippen molar-refractivity contribution >= 4 is 0 Å². The van der Waals surface area contributed by atoms with Gasteiger partial charge in [-0.1, -0.05) is 52.4 Å². The molecular weight excluding hydrogens is 170 g/mol. The number of nitrogens with two attached hydrogens (primary N) is 1. The fraction of sp³-hybridized carbons (Fsp3) is 1.00. The van der Waals surface area contributed by atoms with E-state index in [9.17, 15) is 0 Å². The fourth-order valence-electron chi connectivity index (χ4n) is 2.82. The monoisotopic (exact) mass is 197 g/mol. The maximum atomic E-state index is 6.21. The molecular formula is C13H27N. The van der Waals surface area contributed by atoms with Crippen LogP contribution in [0.25, 0.3) is 0 Å². The van der Waals surface area contributed by atoms with Crippen molar-refractivity contribution in [2.75, 3.05) is 0 Å². The Kier molecular flexibility index (Phi) is 5.54. The maximum absolute atomic E-state index is 6.21. The van der Waals surface area contributed by atoms with E-state index < -0.39 is 0 Å². The Bertz CT molecular complexity index is 130. The highest BCUT2D eigenvalue weighted by Crippen LogP contribution is 2.29. The molecule has 0 aromatic carbocycles. The smallest absolute Gasteiger partial charge is 0.00441 e. The van der Waals surface area contributed by atoms with Crippen molar-refractivity contribution in [3.8, 4) is 0 Å². The molecule has 0 radical (unpaired) electrons. The van der Waals surface area contributed by atoms with Gasteiger partial charge in [0.25, 0.3) is 0 Å². The van der Waals surface area contributed by atoms with Crippen LogP contribution < -0.4 is 5.73 Å². The first-order valence-corrected chi connectivity index (χ1v) is 6.51. The molecule has 0 heterocycles. The zero-order chi connectivity index (χ0) is 10.4. The average Bonchev–Trinajstić information content (AvgIpc) is 2.66. The minimum atomic E-state index is 0.475. The molecule has 0 saturated heterocycles. The van der Waals surface area contributed by atoms with Crippen LogP contribution in [-0.2, 0) is 0 Å². The van der Waals surface area contributed by atoms with Gasteiger partial charge in [0.05, 0.1) is 0 Å². The van der Waals surface area contributed by atoms with Crippen LogP contribution in [0.5, 0.6) is 0 Å². The Morgan fingerprint density at radius 2 is 1.71 bits per heavy atom. The summed E-state index contributed by atoms with van der Waals surface area (Å²) in [4.78, 5) is 0. The summed E-state index contributed by atoms with van der Waals surface area (Å²) >= 11 is 0. The van der Waals surface area contributed by atoms with Gasteiger partial charge in [-0.25, -0.2) is 0 Å². The SMILES string of the molecule is CCC(CC)CC(N)CC1CCCC1. The summed E-state index contributed by atoms with van der Waals surface area (Å²) in [6.07, 6.45) is 10.9. The second-order valence-corrected chi connectivity index (χ2v) is 5.06. The van der Waals surface area contributed by atoms with Crippen LogP contribution >= 0.6 is 0 Å². The quantitative estimate of drug-likeness (QED) is 0.690. The molecule has 0 aromatic rings. The van der Waals surface area contributed by atoms with Crippen LogP contribution in [0.15, 0.2) is 0 Å². The van der Waals surface area contributed by atoms with Gasteiger partial charge in [0.1, 0.15) is 0 Å². The summed E-state index contributed by atoms with van der Waals surface area (Å²) in [6, 6.07) is 0.475. The van der Waals surface area contributed by atoms with E-state index in [1.165, 1.54) is 51.4 Å². The molecule has 1 atom stereocenters. The van der Waals surface area contributed by atoms with E-state index in [0.717, 1.165) is 11.8 Å². The van der Waals surface area contributed by atoms with E-state index >= 15 is 0 Å². The highest BCUT2D eigenvalue weighted by molar-refractivity contribution is 4.75. The molecule has 0 spiro atoms. The Balaban J connectivity index is 2.16. The van der Waals surface area contributed by atoms with E-state index in [0.29, 0.717) is 6.04 Å². The zero-order valence-corrected chi connectivity index (χ0v) is 9.97. The second-order valence-electron chi connectivity index (χ2n) is 5.06. The first kappa shape index (κ1) is 12.0. The predicted molar refractivity (Wildman–Crippen MR) is 63.2 cm³/mol. The first-order chi connectivity index (χ1) is 6.76. The second kappa shape index (κ2) is 6.44. The van der Waals surface area contributed by atoms with Crippen molar-refractivity contribution in [1.82, 2.24) is 0 Å². The third-order valence-electron chi connectivity index (χ3n) is 3.90. The number of hydrogen-bond acceptors (Lipinski definition) is 1. The van der Waals surface area contributed by atoms with Crippen molar-refractivity contribution in [3.63, 3.8) is 0 Å². The summed E-state index contributed by atoms with van der Waals surface area (Å²) in [7, 11) is 0. The molecule has 84 valence electrons. The molecule has 1 heteroatoms. The van der Waals surface area contributed by atoms with Crippen molar-refractivity contribution < 1.29 is 0 Å². The van der Waals surface area contributed by atoms with Crippen LogP contribution in [0, 0.1) is 11.8 Å². The van der Waals surface area contributed by atoms with Gasteiger partial charge in [-0.05, 0) is 24.7 Å². The molecule has 1 saturated carbocycles. The van der Waals surface area contributed by atoms with Crippen molar-refractivity contribution in [2.45, 2.75) is 71.3 Å². The van der Waals surface area contributed by atoms with Gasteiger partial charge in [0.2, 0.25) is 0 Å². The maximum Gasteiger partial charge on any atom is 0.00441 e. The first-order valence-electron chi connectivity index (χ1n) is 6.51. The van der Waals surface area contributed by atoms with E-state index in [2.05, 4.69) is 13.8 Å². The molecule has 1 nitrogen and oxygen atoms in total. The summed E-state index contributed by atoms with van der Waals surface area (Å²) in [5.41, 5.74) is 6.21. The minimum Gasteiger partial charge on any atom is -0.328 e. The van der Waals surface area contributed by atoms with Gasteiger partial charge >= 0.3 is 0 Å². The third kappa shape index (κ3) is 4.00. The lowest BCUT2D eigenvalue weighted by Gasteiger charge is -2.20. The van der Waals surface area contributed by atoms with Crippen LogP contribution in [0.2, 0.25) is 0 Å². The van der Waals surface area contributed by atoms with Crippen LogP contribution in [0.4, 0.5) is 0 Å². The molecule has 0 amide bonds. The molecule has 2 N–H and O–H groups in total. The summed E-state index contributed by atoms with van der Waals surface area (Å²) in [6.45, 7) is 4.58. The van der Waals surface area contributed by atoms with Crippen LogP contribution in [-0.4, -0.2) is 6.04 Å². The topological polar surface area (TPSA) is 26.0 Å². The van der Waals surface area contributed by atoms with Gasteiger partial charge in [-0.2, -0.15) is 0 Å². The minimum absolute atomic E-state index is 0.475. The highest BCUT2D eigenvalue weighted by Gasteiger charge is 2.19. The van der Waals surface area contributed by atoms with Gasteiger partial charge in [-0.15, -0.1) is 0 Å². The standard InChI is InChI=1S/C13H27N/c1-3-11(4-2)9-13(14)10-12-7-5-6-8-12/h11-13H,3-10,14H2,1-2H3. The lowest BCUT2D eigenvalue weighted by Crippen LogP contribution is -2.25. The fourth-order valence-corrected chi connectivity index (χ4v) is 2.82. The van der Waals surface area contributed by atoms with Crippen molar-refractivity contribution in [2.24, 2.45) is 17.6 Å². The van der Waals surface area contributed by atoms with E-state index in [1.807, 2.05) is 0 Å². The largest absolute Gasteiger partial charge is 0.328 e. The molecule has 1 fully saturated rings. The van der Waals surface area contributed by atoms with Gasteiger partial charge in [0.15, 0.2) is 0 Å². The molecule has 14 heavy (non-hydrogen) atoms. The van der Waals surface area contributed by atoms with Crippen LogP contribution in [0.3, 0.4) is 0 Å². The van der Waals surface area contributed by atoms with E-state index in [1.54, 1.807) is 0 Å². The highest BCUT2D eigenvalue weighted by atomic mass is 14.6. The van der Waals surface area contributed by atoms with Crippen LogP contribution in [0.1, 0.15) is 65.2 Å². The van der Waals surface area contributed by atoms with Gasteiger partial charge in [-0.3, -0.25) is 0 Å². The summed E-state index contributed by atoms with van der Waals surface area (Å²) in [5.74, 6) is 1.82. The Labute approximate surface area is 89.5 Å². The molecule has 1 aliphatic carbocycles. The van der Waals surface area contributed by atoms with E-state index in [-0.39, 0.29) is 0 Å². The predicted octanol–water partition coefficient (Wildman–Crippen LogP) is 3.72. The Hall–Kier alpha value is -0.0400. The molecule has 1 rings (SSSR count). The average molecular weight is 197 g/mol. The summed E-state index contributed by atoms with van der Waals surface area (Å²) < 4.78 is 0. The van der Waals surface area contributed by atoms with Gasteiger partial charge < -0.3 is 5.73 Å². The Morgan fingerprint density at radius 1 is 1.14 bits per heavy atom. The molecule has 0 aliphatic heterocycles. The summed E-state index contributed by atoms with van der Waals surface area (Å²) in [5, 5.41) is 0. The van der Waals surface area contributed by atoms with E-state index in [4.69, 9.17) is 5.73 Å². The normalized spacial score (nSPS) is 20.6. The lowest BCUT2D eigenvalue weighted by molar-refractivity contribution is 0.355. The molecule has 1 aliphatic rings. The van der Waals surface area contributed by atoms with Gasteiger partial charge in [0, 0.05) is 6.04 Å². The molecule has 1 unspecified atom stereocenters. The third-order valence-corrected chi connectivity index (χ3v) is 3.90. The number of hydrogen-bond donors (Lipinski definition) is 1. The Morgan fingerprint density at radius 3 is 2.21 bits per heavy atom. The zero-order valence-electron chi connectivity index (χ0n) is 9.97. The van der Waals surface area contributed by atoms with Crippen molar-refractivity contribution in [1.29, 1.82) is 0 Å². The van der Waals surface area contributed by atoms with Crippen molar-refractivity contribution in [3.05, 3.63) is 0 Å². The number of rotatable bonds is 6. The molecule has 0 aromatic heterocycles. The lowest BCUT2D eigenvalue weighted by atomic mass is 9.89.